The minimum absolute atomic E-state index is 0.00181. The lowest BCUT2D eigenvalue weighted by Crippen LogP contribution is -2.50. The number of rotatable bonds is 3. The van der Waals surface area contributed by atoms with Crippen molar-refractivity contribution in [2.24, 2.45) is 0 Å². The van der Waals surface area contributed by atoms with E-state index in [1.807, 2.05) is 0 Å². The molecule has 1 N–H and O–H groups in total. The third-order valence-electron chi connectivity index (χ3n) is 4.49. The number of carbonyl (C=O) groups is 1. The summed E-state index contributed by atoms with van der Waals surface area (Å²) < 4.78 is 7.23. The molecule has 2 aliphatic heterocycles. The second-order valence-electron chi connectivity index (χ2n) is 6.03. The Morgan fingerprint density at radius 3 is 2.96 bits per heavy atom. The van der Waals surface area contributed by atoms with Crippen LogP contribution in [0.2, 0.25) is 5.02 Å². The molecule has 1 amide bonds. The monoisotopic (exact) mass is 335 g/mol. The molecule has 0 spiro atoms. The second kappa shape index (κ2) is 6.07. The zero-order valence-corrected chi connectivity index (χ0v) is 13.4. The first-order chi connectivity index (χ1) is 11.2. The molecular weight excluding hydrogens is 318 g/mol. The molecule has 2 aliphatic rings. The minimum atomic E-state index is -0.202. The molecular formula is C15H18ClN5O2. The number of likely N-dealkylation sites (tertiary alicyclic amines) is 1. The van der Waals surface area contributed by atoms with Crippen LogP contribution in [0.1, 0.15) is 23.3 Å². The normalized spacial score (nSPS) is 25.3. The van der Waals surface area contributed by atoms with E-state index in [1.54, 1.807) is 16.8 Å². The van der Waals surface area contributed by atoms with E-state index in [0.717, 1.165) is 13.1 Å². The Labute approximate surface area is 138 Å². The predicted octanol–water partition coefficient (Wildman–Crippen LogP) is 0.976. The smallest absolute Gasteiger partial charge is 0.271 e. The van der Waals surface area contributed by atoms with E-state index in [1.165, 1.54) is 19.0 Å². The molecule has 2 aromatic rings. The fourth-order valence-electron chi connectivity index (χ4n) is 3.33. The second-order valence-corrected chi connectivity index (χ2v) is 6.47. The molecule has 2 atom stereocenters. The average molecular weight is 336 g/mol. The fraction of sp³-hybridized carbons (Fsp3) is 0.533. The molecule has 0 radical (unpaired) electrons. The van der Waals surface area contributed by atoms with Crippen LogP contribution in [0.15, 0.2) is 18.6 Å². The maximum Gasteiger partial charge on any atom is 0.271 e. The van der Waals surface area contributed by atoms with E-state index in [-0.39, 0.29) is 18.0 Å². The summed E-state index contributed by atoms with van der Waals surface area (Å²) in [6.07, 6.45) is 7.27. The van der Waals surface area contributed by atoms with E-state index < -0.39 is 0 Å². The van der Waals surface area contributed by atoms with Gasteiger partial charge in [0.1, 0.15) is 5.69 Å². The highest BCUT2D eigenvalue weighted by molar-refractivity contribution is 6.30. The van der Waals surface area contributed by atoms with Gasteiger partial charge < -0.3 is 10.1 Å². The summed E-state index contributed by atoms with van der Waals surface area (Å²) >= 11 is 5.90. The van der Waals surface area contributed by atoms with Crippen molar-refractivity contribution in [2.45, 2.75) is 24.9 Å². The van der Waals surface area contributed by atoms with Gasteiger partial charge in [-0.2, -0.15) is 0 Å². The van der Waals surface area contributed by atoms with E-state index in [4.69, 9.17) is 16.3 Å². The molecule has 23 heavy (non-hydrogen) atoms. The van der Waals surface area contributed by atoms with Crippen molar-refractivity contribution in [1.82, 2.24) is 24.6 Å². The maximum atomic E-state index is 12.5. The highest BCUT2D eigenvalue weighted by Crippen LogP contribution is 2.19. The van der Waals surface area contributed by atoms with Crippen molar-refractivity contribution in [3.05, 3.63) is 29.3 Å². The first-order valence-electron chi connectivity index (χ1n) is 7.83. The zero-order valence-electron chi connectivity index (χ0n) is 12.6. The van der Waals surface area contributed by atoms with E-state index in [9.17, 15) is 4.79 Å². The molecule has 0 saturated carbocycles. The summed E-state index contributed by atoms with van der Waals surface area (Å²) in [5.41, 5.74) is 0.340. The van der Waals surface area contributed by atoms with Gasteiger partial charge in [0.2, 0.25) is 5.78 Å². The zero-order chi connectivity index (χ0) is 15.8. The largest absolute Gasteiger partial charge is 0.378 e. The Kier molecular flexibility index (Phi) is 3.92. The van der Waals surface area contributed by atoms with Crippen LogP contribution in [0.5, 0.6) is 0 Å². The highest BCUT2D eigenvalue weighted by Gasteiger charge is 2.35. The topological polar surface area (TPSA) is 71.8 Å². The molecule has 8 heteroatoms. The van der Waals surface area contributed by atoms with Crippen LogP contribution < -0.4 is 5.32 Å². The molecule has 2 saturated heterocycles. The Hall–Kier alpha value is -1.70. The SMILES string of the molecule is O=C(N[C@H]1COC[C@@H]1N1CCCC1)c1cn2cc(Cl)cnc2n1. The lowest BCUT2D eigenvalue weighted by Gasteiger charge is -2.27. The van der Waals surface area contributed by atoms with E-state index in [2.05, 4.69) is 20.2 Å². The van der Waals surface area contributed by atoms with Crippen LogP contribution in [-0.4, -0.2) is 63.6 Å². The minimum Gasteiger partial charge on any atom is -0.378 e. The lowest BCUT2D eigenvalue weighted by atomic mass is 10.1. The number of ether oxygens (including phenoxy) is 1. The number of fused-ring (bicyclic) bond motifs is 1. The summed E-state index contributed by atoms with van der Waals surface area (Å²) in [5, 5.41) is 3.56. The predicted molar refractivity (Wildman–Crippen MR) is 84.7 cm³/mol. The van der Waals surface area contributed by atoms with Gasteiger partial charge in [-0.15, -0.1) is 0 Å². The first kappa shape index (κ1) is 14.9. The van der Waals surface area contributed by atoms with Crippen LogP contribution in [0.4, 0.5) is 0 Å². The molecule has 122 valence electrons. The van der Waals surface area contributed by atoms with Gasteiger partial charge >= 0.3 is 0 Å². The molecule has 0 aromatic carbocycles. The molecule has 7 nitrogen and oxygen atoms in total. The number of nitrogens with one attached hydrogen (secondary N) is 1. The average Bonchev–Trinajstić information content (AvgIpc) is 3.26. The van der Waals surface area contributed by atoms with Gasteiger partial charge in [0.05, 0.1) is 36.5 Å². The van der Waals surface area contributed by atoms with Crippen molar-refractivity contribution in [2.75, 3.05) is 26.3 Å². The van der Waals surface area contributed by atoms with Crippen LogP contribution in [-0.2, 0) is 4.74 Å². The Morgan fingerprint density at radius 2 is 2.13 bits per heavy atom. The van der Waals surface area contributed by atoms with E-state index in [0.29, 0.717) is 29.7 Å². The quantitative estimate of drug-likeness (QED) is 0.905. The van der Waals surface area contributed by atoms with Crippen LogP contribution in [0, 0.1) is 0 Å². The molecule has 0 unspecified atom stereocenters. The lowest BCUT2D eigenvalue weighted by molar-refractivity contribution is 0.0912. The standard InChI is InChI=1S/C15H18ClN5O2/c16-10-5-17-15-19-11(7-21(15)6-10)14(22)18-12-8-23-9-13(12)20-3-1-2-4-20/h5-7,12-13H,1-4,8-9H2,(H,18,22)/t12-,13-/m0/s1. The Balaban J connectivity index is 1.49. The third kappa shape index (κ3) is 2.91. The van der Waals surface area contributed by atoms with Crippen LogP contribution in [0.25, 0.3) is 5.78 Å². The van der Waals surface area contributed by atoms with Crippen molar-refractivity contribution < 1.29 is 9.53 Å². The number of carbonyl (C=O) groups excluding carboxylic acids is 1. The highest BCUT2D eigenvalue weighted by atomic mass is 35.5. The number of nitrogens with zero attached hydrogens (tertiary/aromatic N) is 4. The number of hydrogen-bond donors (Lipinski definition) is 1. The maximum absolute atomic E-state index is 12.5. The Bertz CT molecular complexity index is 728. The molecule has 4 rings (SSSR count). The van der Waals surface area contributed by atoms with Crippen LogP contribution >= 0.6 is 11.6 Å². The first-order valence-corrected chi connectivity index (χ1v) is 8.21. The molecule has 0 aliphatic carbocycles. The van der Waals surface area contributed by atoms with Gasteiger partial charge in [-0.25, -0.2) is 9.97 Å². The molecule has 2 aromatic heterocycles. The third-order valence-corrected chi connectivity index (χ3v) is 4.68. The molecule has 0 bridgehead atoms. The number of hydrogen-bond acceptors (Lipinski definition) is 5. The Morgan fingerprint density at radius 1 is 1.30 bits per heavy atom. The molecule has 2 fully saturated rings. The van der Waals surface area contributed by atoms with Gasteiger partial charge in [-0.05, 0) is 25.9 Å². The summed E-state index contributed by atoms with van der Waals surface area (Å²) in [6.45, 7) is 3.38. The van der Waals surface area contributed by atoms with E-state index >= 15 is 0 Å². The number of aromatic nitrogens is 3. The van der Waals surface area contributed by atoms with Crippen molar-refractivity contribution >= 4 is 23.3 Å². The summed E-state index contributed by atoms with van der Waals surface area (Å²) in [7, 11) is 0. The number of imidazole rings is 1. The van der Waals surface area contributed by atoms with Crippen molar-refractivity contribution in [1.29, 1.82) is 0 Å². The van der Waals surface area contributed by atoms with Gasteiger partial charge in [0.25, 0.3) is 5.91 Å². The number of halogens is 1. The van der Waals surface area contributed by atoms with Crippen molar-refractivity contribution in [3.63, 3.8) is 0 Å². The van der Waals surface area contributed by atoms with Gasteiger partial charge in [-0.1, -0.05) is 11.6 Å². The van der Waals surface area contributed by atoms with Crippen molar-refractivity contribution in [3.8, 4) is 0 Å². The van der Waals surface area contributed by atoms with Crippen LogP contribution in [0.3, 0.4) is 0 Å². The molecule has 4 heterocycles. The van der Waals surface area contributed by atoms with Gasteiger partial charge in [0, 0.05) is 12.4 Å². The summed E-state index contributed by atoms with van der Waals surface area (Å²) in [6, 6.07) is 0.257. The summed E-state index contributed by atoms with van der Waals surface area (Å²) in [4.78, 5) is 23.2. The number of amides is 1. The van der Waals surface area contributed by atoms with Gasteiger partial charge in [0.15, 0.2) is 0 Å². The fourth-order valence-corrected chi connectivity index (χ4v) is 3.48. The summed E-state index contributed by atoms with van der Waals surface area (Å²) in [5.74, 6) is 0.254. The van der Waals surface area contributed by atoms with Gasteiger partial charge in [-0.3, -0.25) is 14.1 Å².